The lowest BCUT2D eigenvalue weighted by Crippen LogP contribution is -2.61. The maximum absolute atomic E-state index is 13.9. The number of hydrogen-bond donors (Lipinski definition) is 0. The second-order valence-corrected chi connectivity index (χ2v) is 15.0. The average molecular weight is 865 g/mol. The van der Waals surface area contributed by atoms with Gasteiger partial charge in [0.05, 0.1) is 42.7 Å². The second kappa shape index (κ2) is 19.3. The molecule has 1 aromatic heterocycles. The topological polar surface area (TPSA) is 158 Å². The minimum absolute atomic E-state index is 0.0490. The largest absolute Gasteiger partial charge is 0.493 e. The monoisotopic (exact) mass is 864 g/mol. The Morgan fingerprint density at radius 1 is 0.492 bits per heavy atom. The second-order valence-electron chi connectivity index (χ2n) is 15.0. The van der Waals surface area contributed by atoms with Gasteiger partial charge in [0, 0.05) is 49.1 Å². The summed E-state index contributed by atoms with van der Waals surface area (Å²) < 4.78 is 49.0. The van der Waals surface area contributed by atoms with Crippen molar-refractivity contribution in [1.29, 1.82) is 0 Å². The van der Waals surface area contributed by atoms with Crippen molar-refractivity contribution in [3.05, 3.63) is 129 Å². The molecule has 2 aliphatic heterocycles. The third-order valence-corrected chi connectivity index (χ3v) is 11.4. The lowest BCUT2D eigenvalue weighted by Gasteiger charge is -2.47. The summed E-state index contributed by atoms with van der Waals surface area (Å²) in [5.74, 6) is 3.08. The van der Waals surface area contributed by atoms with E-state index in [9.17, 15) is 19.2 Å². The number of hydrogen-bond acceptors (Lipinski definition) is 12. The van der Waals surface area contributed by atoms with Crippen molar-refractivity contribution >= 4 is 11.8 Å². The van der Waals surface area contributed by atoms with Gasteiger partial charge < -0.3 is 52.3 Å². The fraction of sp³-hybridized carbons (Fsp3) is 0.362. The molecule has 0 N–H and O–H groups in total. The van der Waals surface area contributed by atoms with Gasteiger partial charge in [0.25, 0.3) is 17.4 Å². The van der Waals surface area contributed by atoms with Gasteiger partial charge in [-0.15, -0.1) is 0 Å². The van der Waals surface area contributed by atoms with Crippen molar-refractivity contribution in [3.63, 3.8) is 0 Å². The molecule has 2 fully saturated rings. The number of aryl methyl sites for hydroxylation is 2. The number of nitrogens with zero attached hydrogens (tertiary/aromatic N) is 4. The van der Waals surface area contributed by atoms with Crippen LogP contribution in [0.3, 0.4) is 0 Å². The zero-order valence-corrected chi connectivity index (χ0v) is 36.4. The van der Waals surface area contributed by atoms with Crippen LogP contribution in [0.2, 0.25) is 0 Å². The SMILES string of the molecule is COc1ccc([C@@H]2[C@H](Oc3ccccc3)C(=O)N2CCCn2c(=O)c(C)cn(CCCN3C(=O)[C@H](Oc4ccccc4)[C@@H]3c3ccc(OC)c(OC)c3OC)c2=O)c(OC)c1OC. The molecule has 0 saturated carbocycles. The Morgan fingerprint density at radius 3 is 1.33 bits per heavy atom. The summed E-state index contributed by atoms with van der Waals surface area (Å²) in [4.78, 5) is 58.3. The maximum Gasteiger partial charge on any atom is 0.330 e. The standard InChI is InChI=1S/C47H52N4O12/c1-29-28-48(24-14-25-49-36(42(45(49)53)62-30-16-10-8-11-17-30)32-20-22-34(56-2)40(60-6)38(32)58-4)47(55)51(44(29)52)27-15-26-50-37(43(46(50)54)63-31-18-12-9-13-19-31)33-21-23-35(57-3)41(61-7)39(33)59-5/h8-13,16-23,28,36-37,42-43H,14-15,24-27H2,1-7H3/t36-,37+,42+,43-/m0/s1. The number of carbonyl (C=O) groups is 2. The summed E-state index contributed by atoms with van der Waals surface area (Å²) >= 11 is 0. The predicted octanol–water partition coefficient (Wildman–Crippen LogP) is 5.21. The molecule has 0 bridgehead atoms. The summed E-state index contributed by atoms with van der Waals surface area (Å²) in [7, 11) is 9.12. The molecule has 4 atom stereocenters. The zero-order valence-electron chi connectivity index (χ0n) is 36.4. The van der Waals surface area contributed by atoms with Gasteiger partial charge >= 0.3 is 5.69 Å². The molecule has 0 aliphatic carbocycles. The fourth-order valence-corrected chi connectivity index (χ4v) is 8.40. The normalized spacial score (nSPS) is 18.0. The third-order valence-electron chi connectivity index (χ3n) is 11.4. The van der Waals surface area contributed by atoms with Gasteiger partial charge in [-0.25, -0.2) is 4.79 Å². The van der Waals surface area contributed by atoms with Crippen LogP contribution in [-0.2, 0) is 22.7 Å². The molecule has 7 rings (SSSR count). The minimum Gasteiger partial charge on any atom is -0.493 e. The molecular formula is C47H52N4O12. The van der Waals surface area contributed by atoms with E-state index in [0.29, 0.717) is 69.1 Å². The van der Waals surface area contributed by atoms with Crippen LogP contribution in [0.1, 0.15) is 41.6 Å². The molecule has 2 saturated heterocycles. The molecule has 2 amide bonds. The summed E-state index contributed by atoms with van der Waals surface area (Å²) in [5, 5.41) is 0. The van der Waals surface area contributed by atoms with E-state index >= 15 is 0 Å². The zero-order chi connectivity index (χ0) is 44.8. The van der Waals surface area contributed by atoms with E-state index < -0.39 is 35.5 Å². The Morgan fingerprint density at radius 2 is 0.921 bits per heavy atom. The highest BCUT2D eigenvalue weighted by Crippen LogP contribution is 2.49. The Bertz CT molecular complexity index is 2540. The number of ether oxygens (including phenoxy) is 8. The lowest BCUT2D eigenvalue weighted by molar-refractivity contribution is -0.164. The highest BCUT2D eigenvalue weighted by Gasteiger charge is 2.52. The first kappa shape index (κ1) is 44.0. The number of methoxy groups -OCH3 is 6. The summed E-state index contributed by atoms with van der Waals surface area (Å²) in [6, 6.07) is 24.2. The van der Waals surface area contributed by atoms with Gasteiger partial charge in [-0.05, 0) is 68.3 Å². The first-order chi connectivity index (χ1) is 30.6. The van der Waals surface area contributed by atoms with E-state index in [1.54, 1.807) is 59.3 Å². The van der Waals surface area contributed by atoms with Gasteiger partial charge in [0.15, 0.2) is 23.0 Å². The molecule has 3 heterocycles. The third kappa shape index (κ3) is 8.44. The van der Waals surface area contributed by atoms with Crippen molar-refractivity contribution in [3.8, 4) is 46.0 Å². The van der Waals surface area contributed by atoms with E-state index in [0.717, 1.165) is 0 Å². The average Bonchev–Trinajstić information content (AvgIpc) is 3.31. The number of carbonyl (C=O) groups excluding carboxylic acids is 2. The molecule has 5 aromatic rings. The number of likely N-dealkylation sites (tertiary alicyclic amines) is 2. The number of para-hydroxylation sites is 2. The Balaban J connectivity index is 1.08. The smallest absolute Gasteiger partial charge is 0.330 e. The van der Waals surface area contributed by atoms with Crippen molar-refractivity contribution < 1.29 is 47.5 Å². The molecular weight excluding hydrogens is 813 g/mol. The van der Waals surface area contributed by atoms with Crippen molar-refractivity contribution in [2.24, 2.45) is 0 Å². The van der Waals surface area contributed by atoms with Crippen molar-refractivity contribution in [2.75, 3.05) is 55.7 Å². The van der Waals surface area contributed by atoms with E-state index in [-0.39, 0.29) is 44.4 Å². The van der Waals surface area contributed by atoms with Crippen LogP contribution in [0.5, 0.6) is 46.0 Å². The van der Waals surface area contributed by atoms with Crippen LogP contribution in [0.15, 0.2) is 101 Å². The van der Waals surface area contributed by atoms with Gasteiger partial charge in [0.2, 0.25) is 23.7 Å². The molecule has 0 spiro atoms. The molecule has 16 heteroatoms. The maximum atomic E-state index is 13.9. The quantitative estimate of drug-likeness (QED) is 0.0943. The first-order valence-electron chi connectivity index (χ1n) is 20.5. The first-order valence-corrected chi connectivity index (χ1v) is 20.5. The molecule has 4 aromatic carbocycles. The number of benzene rings is 4. The Hall–Kier alpha value is -7.10. The Kier molecular flexibility index (Phi) is 13.5. The molecule has 332 valence electrons. The highest BCUT2D eigenvalue weighted by molar-refractivity contribution is 5.90. The van der Waals surface area contributed by atoms with E-state index in [1.165, 1.54) is 51.8 Å². The lowest BCUT2D eigenvalue weighted by atomic mass is 9.89. The van der Waals surface area contributed by atoms with Crippen molar-refractivity contribution in [1.82, 2.24) is 18.9 Å². The van der Waals surface area contributed by atoms with E-state index in [4.69, 9.17) is 37.9 Å². The van der Waals surface area contributed by atoms with Crippen LogP contribution >= 0.6 is 0 Å². The Labute approximate surface area is 365 Å². The molecule has 0 radical (unpaired) electrons. The summed E-state index contributed by atoms with van der Waals surface area (Å²) in [6.07, 6.45) is 0.488. The molecule has 63 heavy (non-hydrogen) atoms. The number of β-lactam (4-membered cyclic amide) rings is 2. The van der Waals surface area contributed by atoms with Gasteiger partial charge in [-0.2, -0.15) is 0 Å². The van der Waals surface area contributed by atoms with Crippen LogP contribution < -0.4 is 49.1 Å². The minimum atomic E-state index is -0.871. The summed E-state index contributed by atoms with van der Waals surface area (Å²) in [6.45, 7) is 2.40. The fourth-order valence-electron chi connectivity index (χ4n) is 8.40. The van der Waals surface area contributed by atoms with Gasteiger partial charge in [0.1, 0.15) is 23.6 Å². The number of aromatic nitrogens is 2. The van der Waals surface area contributed by atoms with Gasteiger partial charge in [-0.3, -0.25) is 19.0 Å². The van der Waals surface area contributed by atoms with Crippen molar-refractivity contribution in [2.45, 2.75) is 57.1 Å². The van der Waals surface area contributed by atoms with E-state index in [2.05, 4.69) is 0 Å². The molecule has 16 nitrogen and oxygen atoms in total. The van der Waals surface area contributed by atoms with Crippen LogP contribution in [0.25, 0.3) is 0 Å². The highest BCUT2D eigenvalue weighted by atomic mass is 16.5. The van der Waals surface area contributed by atoms with Crippen LogP contribution in [-0.4, -0.2) is 98.7 Å². The van der Waals surface area contributed by atoms with Gasteiger partial charge in [-0.1, -0.05) is 36.4 Å². The molecule has 2 aliphatic rings. The number of rotatable bonds is 20. The van der Waals surface area contributed by atoms with Crippen LogP contribution in [0, 0.1) is 6.92 Å². The van der Waals surface area contributed by atoms with Crippen LogP contribution in [0.4, 0.5) is 0 Å². The predicted molar refractivity (Wildman–Crippen MR) is 232 cm³/mol. The van der Waals surface area contributed by atoms with E-state index in [1.807, 2.05) is 48.5 Å². The summed E-state index contributed by atoms with van der Waals surface area (Å²) in [5.41, 5.74) is 0.776. The number of amides is 2. The molecule has 0 unspecified atom stereocenters.